The van der Waals surface area contributed by atoms with E-state index in [0.717, 1.165) is 23.8 Å². The largest absolute Gasteiger partial charge is 0.339 e. The smallest absolute Gasteiger partial charge is 0.260 e. The van der Waals surface area contributed by atoms with Crippen molar-refractivity contribution in [3.8, 4) is 0 Å². The van der Waals surface area contributed by atoms with E-state index in [2.05, 4.69) is 15.1 Å². The van der Waals surface area contributed by atoms with Crippen molar-refractivity contribution in [3.05, 3.63) is 100 Å². The Morgan fingerprint density at radius 3 is 2.10 bits per heavy atom. The van der Waals surface area contributed by atoms with Gasteiger partial charge in [0, 0.05) is 47.5 Å². The molecule has 7 nitrogen and oxygen atoms in total. The molecule has 0 aromatic heterocycles. The minimum Gasteiger partial charge on any atom is -0.339 e. The number of carbonyl (C=O) groups is 3. The number of carbonyl (C=O) groups excluding carboxylic acids is 3. The lowest BCUT2D eigenvalue weighted by atomic mass is 9.85. The molecule has 0 saturated carbocycles. The van der Waals surface area contributed by atoms with Gasteiger partial charge in [-0.2, -0.15) is 0 Å². The number of aryl methyl sites for hydroxylation is 1. The molecule has 2 aliphatic rings. The Labute approximate surface area is 239 Å². The van der Waals surface area contributed by atoms with Gasteiger partial charge in [-0.25, -0.2) is 0 Å². The minimum absolute atomic E-state index is 0.0726. The van der Waals surface area contributed by atoms with E-state index < -0.39 is 5.54 Å². The average Bonchev–Trinajstić information content (AvgIpc) is 3.27. The lowest BCUT2D eigenvalue weighted by Crippen LogP contribution is -2.57. The van der Waals surface area contributed by atoms with Gasteiger partial charge in [0.1, 0.15) is 5.54 Å². The SMILES string of the molecule is Cc1ccc(Cl)cc1.O=CN(CCN1CCC2(CC1)C(=O)NCN2c1ccccc1)C(=O)c1ccc(Cl)cc1. The molecule has 5 rings (SSSR count). The number of piperidine rings is 1. The van der Waals surface area contributed by atoms with Crippen molar-refractivity contribution in [3.63, 3.8) is 0 Å². The van der Waals surface area contributed by atoms with E-state index in [9.17, 15) is 14.4 Å². The molecule has 2 aliphatic heterocycles. The Morgan fingerprint density at radius 2 is 1.54 bits per heavy atom. The van der Waals surface area contributed by atoms with E-state index in [-0.39, 0.29) is 11.8 Å². The maximum atomic E-state index is 12.7. The van der Waals surface area contributed by atoms with Crippen LogP contribution in [0.1, 0.15) is 28.8 Å². The summed E-state index contributed by atoms with van der Waals surface area (Å²) in [5, 5.41) is 4.34. The molecule has 1 spiro atoms. The third-order valence-electron chi connectivity index (χ3n) is 7.24. The Kier molecular flexibility index (Phi) is 9.62. The van der Waals surface area contributed by atoms with Crippen molar-refractivity contribution < 1.29 is 14.4 Å². The number of imide groups is 1. The molecule has 2 heterocycles. The van der Waals surface area contributed by atoms with Gasteiger partial charge < -0.3 is 15.1 Å². The lowest BCUT2D eigenvalue weighted by Gasteiger charge is -2.43. The normalized spacial score (nSPS) is 16.3. The highest BCUT2D eigenvalue weighted by Crippen LogP contribution is 2.36. The van der Waals surface area contributed by atoms with Gasteiger partial charge in [-0.1, -0.05) is 59.1 Å². The number of amides is 3. The molecule has 3 amide bonds. The number of rotatable bonds is 6. The summed E-state index contributed by atoms with van der Waals surface area (Å²) in [6.45, 7) is 4.86. The topological polar surface area (TPSA) is 73.0 Å². The van der Waals surface area contributed by atoms with Gasteiger partial charge in [-0.15, -0.1) is 0 Å². The summed E-state index contributed by atoms with van der Waals surface area (Å²) in [6, 6.07) is 24.2. The number of nitrogens with one attached hydrogen (secondary N) is 1. The molecule has 0 bridgehead atoms. The number of hydrogen-bond acceptors (Lipinski definition) is 5. The number of anilines is 1. The number of nitrogens with zero attached hydrogens (tertiary/aromatic N) is 3. The van der Waals surface area contributed by atoms with Crippen molar-refractivity contribution >= 4 is 47.1 Å². The molecule has 2 fully saturated rings. The fourth-order valence-corrected chi connectivity index (χ4v) is 5.17. The first-order valence-corrected chi connectivity index (χ1v) is 13.7. The second-order valence-corrected chi connectivity index (χ2v) is 10.6. The Balaban J connectivity index is 0.000000379. The van der Waals surface area contributed by atoms with Crippen molar-refractivity contribution in [1.82, 2.24) is 15.1 Å². The second-order valence-electron chi connectivity index (χ2n) is 9.71. The number of para-hydroxylation sites is 1. The molecular weight excluding hydrogens is 535 g/mol. The molecule has 3 aromatic rings. The van der Waals surface area contributed by atoms with Crippen molar-refractivity contribution in [2.45, 2.75) is 25.3 Å². The van der Waals surface area contributed by atoms with E-state index in [4.69, 9.17) is 23.2 Å². The predicted molar refractivity (Wildman–Crippen MR) is 155 cm³/mol. The molecule has 2 saturated heterocycles. The van der Waals surface area contributed by atoms with Crippen molar-refractivity contribution in [1.29, 1.82) is 0 Å². The summed E-state index contributed by atoms with van der Waals surface area (Å²) in [5.74, 6) is -0.269. The van der Waals surface area contributed by atoms with Crippen LogP contribution in [0.25, 0.3) is 0 Å². The van der Waals surface area contributed by atoms with E-state index in [1.54, 1.807) is 24.3 Å². The van der Waals surface area contributed by atoms with E-state index in [1.807, 2.05) is 61.5 Å². The molecule has 39 heavy (non-hydrogen) atoms. The number of likely N-dealkylation sites (tertiary alicyclic amines) is 1. The van der Waals surface area contributed by atoms with Crippen LogP contribution in [0.2, 0.25) is 10.0 Å². The molecular formula is C30H32Cl2N4O3. The second kappa shape index (κ2) is 13.1. The highest BCUT2D eigenvalue weighted by molar-refractivity contribution is 6.30. The molecule has 0 aliphatic carbocycles. The predicted octanol–water partition coefficient (Wildman–Crippen LogP) is 5.02. The number of benzene rings is 3. The quantitative estimate of drug-likeness (QED) is 0.424. The first kappa shape index (κ1) is 28.6. The summed E-state index contributed by atoms with van der Waals surface area (Å²) in [4.78, 5) is 42.4. The lowest BCUT2D eigenvalue weighted by molar-refractivity contribution is -0.125. The Bertz CT molecular complexity index is 1240. The summed E-state index contributed by atoms with van der Waals surface area (Å²) in [5.41, 5.74) is 2.17. The van der Waals surface area contributed by atoms with Crippen LogP contribution >= 0.6 is 23.2 Å². The fourth-order valence-electron chi connectivity index (χ4n) is 4.92. The van der Waals surface area contributed by atoms with Gasteiger partial charge in [0.15, 0.2) is 0 Å². The van der Waals surface area contributed by atoms with E-state index in [1.165, 1.54) is 10.5 Å². The molecule has 3 aromatic carbocycles. The first-order chi connectivity index (χ1) is 18.8. The highest BCUT2D eigenvalue weighted by Gasteiger charge is 2.50. The summed E-state index contributed by atoms with van der Waals surface area (Å²) >= 11 is 11.5. The average molecular weight is 568 g/mol. The van der Waals surface area contributed by atoms with E-state index in [0.29, 0.717) is 49.6 Å². The van der Waals surface area contributed by atoms with Crippen molar-refractivity contribution in [2.24, 2.45) is 0 Å². The van der Waals surface area contributed by atoms with Gasteiger partial charge in [0.25, 0.3) is 5.91 Å². The van der Waals surface area contributed by atoms with Gasteiger partial charge in [-0.05, 0) is 68.3 Å². The zero-order valence-corrected chi connectivity index (χ0v) is 23.4. The van der Waals surface area contributed by atoms with E-state index >= 15 is 0 Å². The molecule has 0 unspecified atom stereocenters. The highest BCUT2D eigenvalue weighted by atomic mass is 35.5. The minimum atomic E-state index is -0.540. The third-order valence-corrected chi connectivity index (χ3v) is 7.74. The van der Waals surface area contributed by atoms with Gasteiger partial charge in [0.05, 0.1) is 6.67 Å². The Hall–Kier alpha value is -3.39. The fraction of sp³-hybridized carbons (Fsp3) is 0.300. The van der Waals surface area contributed by atoms with Crippen LogP contribution < -0.4 is 10.2 Å². The molecule has 0 atom stereocenters. The maximum absolute atomic E-state index is 12.7. The molecule has 204 valence electrons. The summed E-state index contributed by atoms with van der Waals surface area (Å²) < 4.78 is 0. The summed E-state index contributed by atoms with van der Waals surface area (Å²) in [7, 11) is 0. The van der Waals surface area contributed by atoms with Gasteiger partial charge in [-0.3, -0.25) is 19.3 Å². The van der Waals surface area contributed by atoms with Gasteiger partial charge >= 0.3 is 0 Å². The zero-order valence-electron chi connectivity index (χ0n) is 21.9. The monoisotopic (exact) mass is 566 g/mol. The van der Waals surface area contributed by atoms with Gasteiger partial charge in [0.2, 0.25) is 12.3 Å². The molecule has 0 radical (unpaired) electrons. The van der Waals surface area contributed by atoms with Crippen LogP contribution in [0.5, 0.6) is 0 Å². The van der Waals surface area contributed by atoms with Crippen molar-refractivity contribution in [2.75, 3.05) is 37.7 Å². The molecule has 9 heteroatoms. The van der Waals surface area contributed by atoms with Crippen LogP contribution in [0.3, 0.4) is 0 Å². The standard InChI is InChI=1S/C23H25ClN4O3.C7H7Cl/c24-19-8-6-18(7-9-19)21(30)27(17-29)15-14-26-12-10-23(11-13-26)22(31)25-16-28(23)20-4-2-1-3-5-20;1-6-2-4-7(8)5-3-6/h1-9,17H,10-16H2,(H,25,31);2-5H,1H3. The first-order valence-electron chi connectivity index (χ1n) is 12.9. The van der Waals surface area contributed by atoms with Crippen LogP contribution in [-0.2, 0) is 9.59 Å². The summed E-state index contributed by atoms with van der Waals surface area (Å²) in [6.07, 6.45) is 1.96. The van der Waals surface area contributed by atoms with Crippen LogP contribution in [0.4, 0.5) is 5.69 Å². The number of hydrogen-bond donors (Lipinski definition) is 1. The number of halogens is 2. The third kappa shape index (κ3) is 6.98. The van der Waals surface area contributed by atoms with Crippen LogP contribution in [-0.4, -0.2) is 66.4 Å². The van der Waals surface area contributed by atoms with Crippen LogP contribution in [0.15, 0.2) is 78.9 Å². The Morgan fingerprint density at radius 1 is 0.949 bits per heavy atom. The van der Waals surface area contributed by atoms with Crippen LogP contribution in [0, 0.1) is 6.92 Å². The zero-order chi connectivity index (χ0) is 27.8. The maximum Gasteiger partial charge on any atom is 0.260 e. The molecule has 1 N–H and O–H groups in total.